The first-order valence-corrected chi connectivity index (χ1v) is 6.91. The minimum absolute atomic E-state index is 0.0256. The Morgan fingerprint density at radius 2 is 1.90 bits per heavy atom. The molecular formula is C15H22F4N2. The second kappa shape index (κ2) is 7.75. The van der Waals surface area contributed by atoms with Gasteiger partial charge >= 0.3 is 6.18 Å². The molecule has 0 saturated heterocycles. The van der Waals surface area contributed by atoms with Crippen LogP contribution in [0.1, 0.15) is 30.0 Å². The average Bonchev–Trinajstić information content (AvgIpc) is 2.40. The second-order valence-electron chi connectivity index (χ2n) is 5.31. The van der Waals surface area contributed by atoms with Crippen LogP contribution in [0.5, 0.6) is 0 Å². The molecule has 1 rings (SSSR count). The van der Waals surface area contributed by atoms with Crippen molar-refractivity contribution in [1.29, 1.82) is 0 Å². The van der Waals surface area contributed by atoms with E-state index in [1.807, 2.05) is 6.07 Å². The maximum Gasteiger partial charge on any atom is 0.390 e. The van der Waals surface area contributed by atoms with E-state index in [1.165, 1.54) is 6.07 Å². The van der Waals surface area contributed by atoms with Gasteiger partial charge in [0.15, 0.2) is 0 Å². The highest BCUT2D eigenvalue weighted by Gasteiger charge is 2.27. The van der Waals surface area contributed by atoms with Crippen LogP contribution in [0.2, 0.25) is 0 Å². The van der Waals surface area contributed by atoms with Crippen LogP contribution in [-0.4, -0.2) is 38.3 Å². The van der Waals surface area contributed by atoms with Gasteiger partial charge in [0, 0.05) is 12.6 Å². The Hall–Kier alpha value is -1.14. The summed E-state index contributed by atoms with van der Waals surface area (Å²) in [5.74, 6) is -0.266. The van der Waals surface area contributed by atoms with Crippen LogP contribution in [0.25, 0.3) is 0 Å². The standard InChI is InChI=1S/C15H22F4N2/c1-11-4-5-12(10-13(11)16)14(20-2)6-8-21(3)9-7-15(17,18)19/h4-5,10,14,20H,6-9H2,1-3H3. The fourth-order valence-corrected chi connectivity index (χ4v) is 2.08. The average molecular weight is 306 g/mol. The van der Waals surface area contributed by atoms with Gasteiger partial charge in [-0.2, -0.15) is 13.2 Å². The molecule has 6 heteroatoms. The molecule has 1 N–H and O–H groups in total. The van der Waals surface area contributed by atoms with Gasteiger partial charge in [-0.15, -0.1) is 0 Å². The predicted molar refractivity (Wildman–Crippen MR) is 75.7 cm³/mol. The van der Waals surface area contributed by atoms with Crippen molar-refractivity contribution in [3.05, 3.63) is 35.1 Å². The first kappa shape index (κ1) is 17.9. The molecule has 0 aliphatic heterocycles. The summed E-state index contributed by atoms with van der Waals surface area (Å²) in [7, 11) is 3.42. The highest BCUT2D eigenvalue weighted by molar-refractivity contribution is 5.25. The first-order chi connectivity index (χ1) is 9.73. The third-order valence-electron chi connectivity index (χ3n) is 3.52. The molecule has 0 aromatic heterocycles. The van der Waals surface area contributed by atoms with Crippen molar-refractivity contribution >= 4 is 0 Å². The van der Waals surface area contributed by atoms with Crippen molar-refractivity contribution in [2.75, 3.05) is 27.2 Å². The van der Waals surface area contributed by atoms with E-state index in [2.05, 4.69) is 5.32 Å². The lowest BCUT2D eigenvalue weighted by Crippen LogP contribution is -2.28. The molecule has 0 fully saturated rings. The molecule has 0 aliphatic rings. The number of alkyl halides is 3. The van der Waals surface area contributed by atoms with Crippen LogP contribution in [0, 0.1) is 12.7 Å². The number of aryl methyl sites for hydroxylation is 1. The maximum absolute atomic E-state index is 13.6. The van der Waals surface area contributed by atoms with Crippen molar-refractivity contribution in [1.82, 2.24) is 10.2 Å². The van der Waals surface area contributed by atoms with E-state index >= 15 is 0 Å². The smallest absolute Gasteiger partial charge is 0.313 e. The molecule has 0 bridgehead atoms. The maximum atomic E-state index is 13.6. The zero-order valence-corrected chi connectivity index (χ0v) is 12.6. The van der Waals surface area contributed by atoms with Crippen LogP contribution in [0.4, 0.5) is 17.6 Å². The third-order valence-corrected chi connectivity index (χ3v) is 3.52. The number of nitrogens with zero attached hydrogens (tertiary/aromatic N) is 1. The van der Waals surface area contributed by atoms with Gasteiger partial charge in [-0.25, -0.2) is 4.39 Å². The Labute approximate surface area is 123 Å². The summed E-state index contributed by atoms with van der Waals surface area (Å²) in [6.45, 7) is 2.18. The van der Waals surface area contributed by atoms with E-state index in [1.54, 1.807) is 32.0 Å². The molecule has 1 atom stereocenters. The fourth-order valence-electron chi connectivity index (χ4n) is 2.08. The molecule has 0 radical (unpaired) electrons. The monoisotopic (exact) mass is 306 g/mol. The van der Waals surface area contributed by atoms with Gasteiger partial charge in [-0.1, -0.05) is 12.1 Å². The molecule has 0 amide bonds. The summed E-state index contributed by atoms with van der Waals surface area (Å²) < 4.78 is 50.0. The summed E-state index contributed by atoms with van der Waals surface area (Å²) in [6, 6.07) is 4.96. The van der Waals surface area contributed by atoms with Gasteiger partial charge in [-0.05, 0) is 51.2 Å². The van der Waals surface area contributed by atoms with Crippen LogP contribution >= 0.6 is 0 Å². The van der Waals surface area contributed by atoms with Gasteiger partial charge in [0.05, 0.1) is 6.42 Å². The molecule has 1 unspecified atom stereocenters. The van der Waals surface area contributed by atoms with Crippen molar-refractivity contribution in [2.24, 2.45) is 0 Å². The molecule has 120 valence electrons. The Kier molecular flexibility index (Phi) is 6.61. The van der Waals surface area contributed by atoms with Crippen molar-refractivity contribution < 1.29 is 17.6 Å². The summed E-state index contributed by atoms with van der Waals surface area (Å²) in [4.78, 5) is 1.64. The molecule has 1 aromatic carbocycles. The Bertz CT molecular complexity index is 446. The highest BCUT2D eigenvalue weighted by Crippen LogP contribution is 2.21. The lowest BCUT2D eigenvalue weighted by molar-refractivity contribution is -0.137. The topological polar surface area (TPSA) is 15.3 Å². The van der Waals surface area contributed by atoms with Crippen molar-refractivity contribution in [3.63, 3.8) is 0 Å². The predicted octanol–water partition coefficient (Wildman–Crippen LogP) is 3.67. The number of rotatable bonds is 7. The van der Waals surface area contributed by atoms with Gasteiger partial charge in [0.2, 0.25) is 0 Å². The van der Waals surface area contributed by atoms with E-state index in [0.717, 1.165) is 5.56 Å². The second-order valence-corrected chi connectivity index (χ2v) is 5.31. The normalized spacial score (nSPS) is 13.7. The molecule has 0 saturated carbocycles. The van der Waals surface area contributed by atoms with E-state index in [-0.39, 0.29) is 18.4 Å². The Balaban J connectivity index is 2.52. The van der Waals surface area contributed by atoms with Crippen LogP contribution in [-0.2, 0) is 0 Å². The number of hydrogen-bond donors (Lipinski definition) is 1. The highest BCUT2D eigenvalue weighted by atomic mass is 19.4. The van der Waals surface area contributed by atoms with Crippen molar-refractivity contribution in [2.45, 2.75) is 32.0 Å². The van der Waals surface area contributed by atoms with E-state index < -0.39 is 12.6 Å². The minimum Gasteiger partial charge on any atom is -0.313 e. The number of benzene rings is 1. The SMILES string of the molecule is CNC(CCN(C)CCC(F)(F)F)c1ccc(C)c(F)c1. The minimum atomic E-state index is -4.13. The van der Waals surface area contributed by atoms with E-state index in [0.29, 0.717) is 18.5 Å². The summed E-state index contributed by atoms with van der Waals surface area (Å²) in [5.41, 5.74) is 1.39. The molecule has 2 nitrogen and oxygen atoms in total. The summed E-state index contributed by atoms with van der Waals surface area (Å²) in [6.07, 6.45) is -4.32. The lowest BCUT2D eigenvalue weighted by Gasteiger charge is -2.22. The first-order valence-electron chi connectivity index (χ1n) is 6.91. The van der Waals surface area contributed by atoms with Gasteiger partial charge < -0.3 is 10.2 Å². The number of nitrogens with one attached hydrogen (secondary N) is 1. The van der Waals surface area contributed by atoms with E-state index in [9.17, 15) is 17.6 Å². The van der Waals surface area contributed by atoms with Crippen LogP contribution in [0.3, 0.4) is 0 Å². The Morgan fingerprint density at radius 1 is 1.24 bits per heavy atom. The molecule has 0 spiro atoms. The van der Waals surface area contributed by atoms with Crippen LogP contribution in [0.15, 0.2) is 18.2 Å². The largest absolute Gasteiger partial charge is 0.390 e. The zero-order chi connectivity index (χ0) is 16.0. The lowest BCUT2D eigenvalue weighted by atomic mass is 10.0. The van der Waals surface area contributed by atoms with E-state index in [4.69, 9.17) is 0 Å². The molecule has 0 aliphatic carbocycles. The molecule has 0 heterocycles. The summed E-state index contributed by atoms with van der Waals surface area (Å²) >= 11 is 0. The van der Waals surface area contributed by atoms with Crippen molar-refractivity contribution in [3.8, 4) is 0 Å². The van der Waals surface area contributed by atoms with Crippen LogP contribution < -0.4 is 5.32 Å². The summed E-state index contributed by atoms with van der Waals surface area (Å²) in [5, 5.41) is 3.08. The molecule has 1 aromatic rings. The third kappa shape index (κ3) is 6.44. The van der Waals surface area contributed by atoms with Gasteiger partial charge in [0.1, 0.15) is 5.82 Å². The quantitative estimate of drug-likeness (QED) is 0.773. The molecule has 21 heavy (non-hydrogen) atoms. The number of halogens is 4. The Morgan fingerprint density at radius 3 is 2.43 bits per heavy atom. The zero-order valence-electron chi connectivity index (χ0n) is 12.6. The van der Waals surface area contributed by atoms with Gasteiger partial charge in [0.25, 0.3) is 0 Å². The number of hydrogen-bond acceptors (Lipinski definition) is 2. The fraction of sp³-hybridized carbons (Fsp3) is 0.600. The molecular weight excluding hydrogens is 284 g/mol. The van der Waals surface area contributed by atoms with Gasteiger partial charge in [-0.3, -0.25) is 0 Å².